The molecule has 0 bridgehead atoms. The second kappa shape index (κ2) is 9.52. The summed E-state index contributed by atoms with van der Waals surface area (Å²) in [5.74, 6) is 1.18. The first-order chi connectivity index (χ1) is 10.3. The first-order valence-corrected chi connectivity index (χ1v) is 9.75. The summed E-state index contributed by atoms with van der Waals surface area (Å²) in [4.78, 5) is 0. The van der Waals surface area contributed by atoms with E-state index in [1.54, 1.807) is 0 Å². The Balaban J connectivity index is 1.88. The van der Waals surface area contributed by atoms with Crippen molar-refractivity contribution in [3.63, 3.8) is 0 Å². The number of nitrogens with one attached hydrogen (secondary N) is 1. The molecule has 0 radical (unpaired) electrons. The maximum Gasteiger partial charge on any atom is 0.0537 e. The molecule has 1 N–H and O–H groups in total. The molecule has 1 unspecified atom stereocenters. The van der Waals surface area contributed by atoms with E-state index in [9.17, 15) is 0 Å². The van der Waals surface area contributed by atoms with E-state index in [1.165, 1.54) is 49.8 Å². The van der Waals surface area contributed by atoms with Crippen LogP contribution < -0.4 is 5.32 Å². The van der Waals surface area contributed by atoms with E-state index < -0.39 is 0 Å². The molecule has 1 aromatic rings. The predicted molar refractivity (Wildman–Crippen MR) is 92.9 cm³/mol. The molecular weight excluding hydrogens is 278 g/mol. The van der Waals surface area contributed by atoms with Crippen LogP contribution in [-0.4, -0.2) is 27.3 Å². The van der Waals surface area contributed by atoms with Gasteiger partial charge in [0.05, 0.1) is 6.20 Å². The third kappa shape index (κ3) is 5.67. The lowest BCUT2D eigenvalue weighted by Gasteiger charge is -2.24. The largest absolute Gasteiger partial charge is 0.309 e. The average molecular weight is 310 g/mol. The van der Waals surface area contributed by atoms with Gasteiger partial charge in [-0.05, 0) is 32.2 Å². The summed E-state index contributed by atoms with van der Waals surface area (Å²) >= 11 is 2.17. The van der Waals surface area contributed by atoms with Gasteiger partial charge in [-0.2, -0.15) is 16.9 Å². The summed E-state index contributed by atoms with van der Waals surface area (Å²) in [6, 6.07) is 0.461. The summed E-state index contributed by atoms with van der Waals surface area (Å²) in [7, 11) is 0. The molecule has 0 aliphatic heterocycles. The Labute approximate surface area is 134 Å². The van der Waals surface area contributed by atoms with Gasteiger partial charge in [-0.1, -0.05) is 33.1 Å². The van der Waals surface area contributed by atoms with Crippen LogP contribution in [0.25, 0.3) is 0 Å². The summed E-state index contributed by atoms with van der Waals surface area (Å²) in [6.07, 6.45) is 13.8. The average Bonchev–Trinajstić information content (AvgIpc) is 2.97. The van der Waals surface area contributed by atoms with Crippen LogP contribution in [0.5, 0.6) is 0 Å². The van der Waals surface area contributed by atoms with Crippen LogP contribution >= 0.6 is 11.8 Å². The van der Waals surface area contributed by atoms with Crippen LogP contribution in [0, 0.1) is 0 Å². The fourth-order valence-electron chi connectivity index (χ4n) is 2.97. The SMILES string of the molecule is CCCNC(CSC1CCCCC1)c1cnn(CCC)c1. The van der Waals surface area contributed by atoms with Crippen molar-refractivity contribution >= 4 is 11.8 Å². The Hall–Kier alpha value is -0.480. The van der Waals surface area contributed by atoms with Crippen LogP contribution in [0.15, 0.2) is 12.4 Å². The van der Waals surface area contributed by atoms with Crippen molar-refractivity contribution in [2.75, 3.05) is 12.3 Å². The summed E-state index contributed by atoms with van der Waals surface area (Å²) in [5, 5.41) is 9.09. The van der Waals surface area contributed by atoms with Gasteiger partial charge >= 0.3 is 0 Å². The van der Waals surface area contributed by atoms with Crippen molar-refractivity contribution in [2.24, 2.45) is 0 Å². The van der Waals surface area contributed by atoms with Crippen molar-refractivity contribution in [3.8, 4) is 0 Å². The predicted octanol–water partition coefficient (Wildman–Crippen LogP) is 4.40. The Bertz CT molecular complexity index is 385. The quantitative estimate of drug-likeness (QED) is 0.733. The molecule has 1 aliphatic rings. The van der Waals surface area contributed by atoms with E-state index >= 15 is 0 Å². The minimum Gasteiger partial charge on any atom is -0.309 e. The summed E-state index contributed by atoms with van der Waals surface area (Å²) in [6.45, 7) is 6.55. The first-order valence-electron chi connectivity index (χ1n) is 8.70. The molecule has 3 nitrogen and oxygen atoms in total. The normalized spacial score (nSPS) is 18.0. The van der Waals surface area contributed by atoms with Gasteiger partial charge in [0, 0.05) is 35.3 Å². The number of aromatic nitrogens is 2. The molecule has 1 aromatic heterocycles. The van der Waals surface area contributed by atoms with Gasteiger partial charge in [0.2, 0.25) is 0 Å². The number of thioether (sulfide) groups is 1. The lowest BCUT2D eigenvalue weighted by molar-refractivity contribution is 0.513. The van der Waals surface area contributed by atoms with Gasteiger partial charge < -0.3 is 5.32 Å². The van der Waals surface area contributed by atoms with Gasteiger partial charge in [-0.25, -0.2) is 0 Å². The molecule has 21 heavy (non-hydrogen) atoms. The number of hydrogen-bond donors (Lipinski definition) is 1. The number of hydrogen-bond acceptors (Lipinski definition) is 3. The molecule has 4 heteroatoms. The van der Waals surface area contributed by atoms with Crippen LogP contribution in [0.4, 0.5) is 0 Å². The van der Waals surface area contributed by atoms with Crippen molar-refractivity contribution in [2.45, 2.75) is 76.6 Å². The van der Waals surface area contributed by atoms with Crippen molar-refractivity contribution in [1.82, 2.24) is 15.1 Å². The summed E-state index contributed by atoms with van der Waals surface area (Å²) < 4.78 is 2.08. The van der Waals surface area contributed by atoms with E-state index in [2.05, 4.69) is 53.1 Å². The molecule has 1 saturated carbocycles. The van der Waals surface area contributed by atoms with Crippen molar-refractivity contribution in [1.29, 1.82) is 0 Å². The maximum atomic E-state index is 4.50. The second-order valence-electron chi connectivity index (χ2n) is 6.14. The molecule has 0 saturated heterocycles. The highest BCUT2D eigenvalue weighted by Gasteiger charge is 2.18. The van der Waals surface area contributed by atoms with Crippen molar-refractivity contribution in [3.05, 3.63) is 18.0 Å². The molecule has 1 aliphatic carbocycles. The van der Waals surface area contributed by atoms with E-state index in [1.807, 2.05) is 0 Å². The minimum atomic E-state index is 0.461. The molecule has 0 amide bonds. The van der Waals surface area contributed by atoms with E-state index in [0.717, 1.165) is 24.8 Å². The van der Waals surface area contributed by atoms with Gasteiger partial charge in [-0.3, -0.25) is 4.68 Å². The zero-order chi connectivity index (χ0) is 14.9. The Morgan fingerprint density at radius 2 is 2.10 bits per heavy atom. The van der Waals surface area contributed by atoms with Crippen molar-refractivity contribution < 1.29 is 0 Å². The van der Waals surface area contributed by atoms with E-state index in [4.69, 9.17) is 0 Å². The molecule has 0 spiro atoms. The van der Waals surface area contributed by atoms with Gasteiger partial charge in [0.1, 0.15) is 0 Å². The molecule has 1 atom stereocenters. The highest BCUT2D eigenvalue weighted by molar-refractivity contribution is 7.99. The maximum absolute atomic E-state index is 4.50. The number of aryl methyl sites for hydroxylation is 1. The van der Waals surface area contributed by atoms with Gasteiger partial charge in [-0.15, -0.1) is 0 Å². The zero-order valence-electron chi connectivity index (χ0n) is 13.7. The fraction of sp³-hybridized carbons (Fsp3) is 0.824. The first kappa shape index (κ1) is 16.9. The number of nitrogens with zero attached hydrogens (tertiary/aromatic N) is 2. The van der Waals surface area contributed by atoms with Gasteiger partial charge in [0.15, 0.2) is 0 Å². The Morgan fingerprint density at radius 1 is 1.29 bits per heavy atom. The van der Waals surface area contributed by atoms with Gasteiger partial charge in [0.25, 0.3) is 0 Å². The van der Waals surface area contributed by atoms with E-state index in [-0.39, 0.29) is 0 Å². The van der Waals surface area contributed by atoms with E-state index in [0.29, 0.717) is 6.04 Å². The number of rotatable bonds is 9. The van der Waals surface area contributed by atoms with Crippen LogP contribution in [-0.2, 0) is 6.54 Å². The van der Waals surface area contributed by atoms with Crippen LogP contribution in [0.2, 0.25) is 0 Å². The molecule has 0 aromatic carbocycles. The van der Waals surface area contributed by atoms with Crippen LogP contribution in [0.3, 0.4) is 0 Å². The fourth-order valence-corrected chi connectivity index (χ4v) is 4.41. The molecule has 1 heterocycles. The topological polar surface area (TPSA) is 29.9 Å². The third-order valence-corrected chi connectivity index (χ3v) is 5.67. The lowest BCUT2D eigenvalue weighted by atomic mass is 10.0. The highest BCUT2D eigenvalue weighted by Crippen LogP contribution is 2.31. The zero-order valence-corrected chi connectivity index (χ0v) is 14.5. The monoisotopic (exact) mass is 309 g/mol. The summed E-state index contributed by atoms with van der Waals surface area (Å²) in [5.41, 5.74) is 1.36. The Kier molecular flexibility index (Phi) is 7.65. The smallest absolute Gasteiger partial charge is 0.0537 e. The Morgan fingerprint density at radius 3 is 2.81 bits per heavy atom. The molecule has 2 rings (SSSR count). The third-order valence-electron chi connectivity index (χ3n) is 4.20. The highest BCUT2D eigenvalue weighted by atomic mass is 32.2. The van der Waals surface area contributed by atoms with Crippen LogP contribution in [0.1, 0.15) is 70.4 Å². The second-order valence-corrected chi connectivity index (χ2v) is 7.47. The standard InChI is InChI=1S/C17H31N3S/c1-3-10-18-17(14-21-16-8-6-5-7-9-16)15-12-19-20(13-15)11-4-2/h12-13,16-18H,3-11,14H2,1-2H3. The molecule has 1 fully saturated rings. The molecular formula is C17H31N3S. The minimum absolute atomic E-state index is 0.461. The molecule has 120 valence electrons. The lowest BCUT2D eigenvalue weighted by Crippen LogP contribution is -2.25.